The van der Waals surface area contributed by atoms with Crippen molar-refractivity contribution in [3.8, 4) is 0 Å². The van der Waals surface area contributed by atoms with E-state index in [2.05, 4.69) is 22.7 Å². The summed E-state index contributed by atoms with van der Waals surface area (Å²) in [6, 6.07) is 0.315. The standard InChI is InChI=1S/C11H24N4O2/c1-9(10-4-7-17-8-10)14-11(15-12)13-5-3-6-16-2/h9-10H,3-8,12H2,1-2H3,(H2,13,14,15). The maximum absolute atomic E-state index is 5.43. The molecule has 6 nitrogen and oxygen atoms in total. The number of guanidine groups is 1. The van der Waals surface area contributed by atoms with E-state index < -0.39 is 0 Å². The van der Waals surface area contributed by atoms with E-state index in [1.165, 1.54) is 0 Å². The summed E-state index contributed by atoms with van der Waals surface area (Å²) in [5.74, 6) is 6.60. The summed E-state index contributed by atoms with van der Waals surface area (Å²) in [5.41, 5.74) is 2.59. The van der Waals surface area contributed by atoms with Gasteiger partial charge in [-0.15, -0.1) is 0 Å². The summed E-state index contributed by atoms with van der Waals surface area (Å²) in [5, 5.41) is 3.28. The van der Waals surface area contributed by atoms with Gasteiger partial charge in [-0.25, -0.2) is 5.84 Å². The van der Waals surface area contributed by atoms with Crippen LogP contribution in [-0.2, 0) is 9.47 Å². The lowest BCUT2D eigenvalue weighted by atomic mass is 10.0. The minimum absolute atomic E-state index is 0.315. The predicted octanol–water partition coefficient (Wildman–Crippen LogP) is -0.143. The number of aliphatic imine (C=N–C) groups is 1. The first-order chi connectivity index (χ1) is 8.27. The Balaban J connectivity index is 2.28. The molecule has 4 N–H and O–H groups in total. The Morgan fingerprint density at radius 2 is 2.47 bits per heavy atom. The van der Waals surface area contributed by atoms with Gasteiger partial charge in [0.25, 0.3) is 0 Å². The average Bonchev–Trinajstić information content (AvgIpc) is 2.86. The van der Waals surface area contributed by atoms with Gasteiger partial charge in [0.2, 0.25) is 5.96 Å². The first-order valence-corrected chi connectivity index (χ1v) is 6.12. The third kappa shape index (κ3) is 5.34. The van der Waals surface area contributed by atoms with E-state index in [1.807, 2.05) is 0 Å². The molecule has 0 radical (unpaired) electrons. The topological polar surface area (TPSA) is 80.9 Å². The highest BCUT2D eigenvalue weighted by Gasteiger charge is 2.22. The highest BCUT2D eigenvalue weighted by molar-refractivity contribution is 5.79. The predicted molar refractivity (Wildman–Crippen MR) is 67.6 cm³/mol. The zero-order valence-corrected chi connectivity index (χ0v) is 10.7. The van der Waals surface area contributed by atoms with Crippen molar-refractivity contribution in [2.24, 2.45) is 16.8 Å². The summed E-state index contributed by atoms with van der Waals surface area (Å²) in [6.45, 7) is 5.21. The smallest absolute Gasteiger partial charge is 0.205 e. The Morgan fingerprint density at radius 1 is 1.65 bits per heavy atom. The summed E-state index contributed by atoms with van der Waals surface area (Å²) in [7, 11) is 1.69. The molecule has 1 aliphatic rings. The third-order valence-electron chi connectivity index (χ3n) is 2.95. The molecule has 0 bridgehead atoms. The lowest BCUT2D eigenvalue weighted by molar-refractivity contribution is 0.180. The van der Waals surface area contributed by atoms with Gasteiger partial charge in [0.1, 0.15) is 0 Å². The minimum Gasteiger partial charge on any atom is -0.385 e. The van der Waals surface area contributed by atoms with Crippen molar-refractivity contribution >= 4 is 5.96 Å². The highest BCUT2D eigenvalue weighted by Crippen LogP contribution is 2.16. The van der Waals surface area contributed by atoms with E-state index >= 15 is 0 Å². The molecule has 0 amide bonds. The van der Waals surface area contributed by atoms with Gasteiger partial charge < -0.3 is 14.8 Å². The number of hydrazine groups is 1. The van der Waals surface area contributed by atoms with E-state index in [4.69, 9.17) is 15.3 Å². The van der Waals surface area contributed by atoms with E-state index in [0.29, 0.717) is 31.1 Å². The normalized spacial score (nSPS) is 22.5. The molecule has 0 aromatic carbocycles. The zero-order chi connectivity index (χ0) is 12.5. The first kappa shape index (κ1) is 14.2. The highest BCUT2D eigenvalue weighted by atomic mass is 16.5. The van der Waals surface area contributed by atoms with Gasteiger partial charge in [0.05, 0.1) is 6.61 Å². The van der Waals surface area contributed by atoms with Crippen molar-refractivity contribution in [3.63, 3.8) is 0 Å². The first-order valence-electron chi connectivity index (χ1n) is 6.12. The minimum atomic E-state index is 0.315. The molecule has 0 saturated carbocycles. The summed E-state index contributed by atoms with van der Waals surface area (Å²) in [6.07, 6.45) is 1.99. The lowest BCUT2D eigenvalue weighted by Crippen LogP contribution is -2.48. The molecule has 2 unspecified atom stereocenters. The number of rotatable bonds is 6. The van der Waals surface area contributed by atoms with E-state index in [9.17, 15) is 0 Å². The van der Waals surface area contributed by atoms with E-state index in [-0.39, 0.29) is 0 Å². The van der Waals surface area contributed by atoms with Crippen molar-refractivity contribution in [2.75, 3.05) is 33.5 Å². The molecule has 1 heterocycles. The van der Waals surface area contributed by atoms with Gasteiger partial charge in [0.15, 0.2) is 0 Å². The molecule has 1 aliphatic heterocycles. The Labute approximate surface area is 103 Å². The van der Waals surface area contributed by atoms with Crippen LogP contribution in [0.4, 0.5) is 0 Å². The second-order valence-corrected chi connectivity index (χ2v) is 4.28. The lowest BCUT2D eigenvalue weighted by Gasteiger charge is -2.21. The van der Waals surface area contributed by atoms with Crippen molar-refractivity contribution in [2.45, 2.75) is 25.8 Å². The molecule has 6 heteroatoms. The number of ether oxygens (including phenoxy) is 2. The molecule has 0 aliphatic carbocycles. The van der Waals surface area contributed by atoms with Crippen LogP contribution in [0, 0.1) is 5.92 Å². The molecule has 2 atom stereocenters. The van der Waals surface area contributed by atoms with Gasteiger partial charge in [0, 0.05) is 38.8 Å². The number of nitrogens with one attached hydrogen (secondary N) is 2. The maximum Gasteiger partial charge on any atom is 0.205 e. The van der Waals surface area contributed by atoms with Gasteiger partial charge in [-0.3, -0.25) is 10.4 Å². The average molecular weight is 244 g/mol. The van der Waals surface area contributed by atoms with Gasteiger partial charge in [-0.05, 0) is 19.8 Å². The maximum atomic E-state index is 5.43. The number of hydrogen-bond donors (Lipinski definition) is 3. The monoisotopic (exact) mass is 244 g/mol. The second-order valence-electron chi connectivity index (χ2n) is 4.28. The molecular weight excluding hydrogens is 220 g/mol. The van der Waals surface area contributed by atoms with Crippen LogP contribution in [0.5, 0.6) is 0 Å². The fourth-order valence-corrected chi connectivity index (χ4v) is 1.81. The Hall–Kier alpha value is -0.850. The van der Waals surface area contributed by atoms with Crippen LogP contribution in [-0.4, -0.2) is 45.5 Å². The van der Waals surface area contributed by atoms with E-state index in [0.717, 1.165) is 26.1 Å². The van der Waals surface area contributed by atoms with Gasteiger partial charge >= 0.3 is 0 Å². The molecule has 100 valence electrons. The Kier molecular flexibility index (Phi) is 6.91. The second kappa shape index (κ2) is 8.27. The zero-order valence-electron chi connectivity index (χ0n) is 10.7. The number of methoxy groups -OCH3 is 1. The quantitative estimate of drug-likeness (QED) is 0.199. The van der Waals surface area contributed by atoms with Crippen LogP contribution >= 0.6 is 0 Å². The van der Waals surface area contributed by atoms with Crippen LogP contribution in [0.2, 0.25) is 0 Å². The van der Waals surface area contributed by atoms with E-state index in [1.54, 1.807) is 7.11 Å². The van der Waals surface area contributed by atoms with Gasteiger partial charge in [-0.1, -0.05) is 0 Å². The molecule has 1 rings (SSSR count). The SMILES string of the molecule is COCCCN=C(NN)NC(C)C1CCOC1. The third-order valence-corrected chi connectivity index (χ3v) is 2.95. The molecule has 1 fully saturated rings. The van der Waals surface area contributed by atoms with Crippen LogP contribution in [0.3, 0.4) is 0 Å². The van der Waals surface area contributed by atoms with Crippen molar-refractivity contribution in [3.05, 3.63) is 0 Å². The Morgan fingerprint density at radius 3 is 3.06 bits per heavy atom. The van der Waals surface area contributed by atoms with Crippen LogP contribution in [0.25, 0.3) is 0 Å². The molecule has 0 spiro atoms. The van der Waals surface area contributed by atoms with Crippen LogP contribution < -0.4 is 16.6 Å². The number of nitrogens with two attached hydrogens (primary N) is 1. The number of hydrogen-bond acceptors (Lipinski definition) is 4. The molecule has 0 aromatic rings. The van der Waals surface area contributed by atoms with Crippen molar-refractivity contribution in [1.29, 1.82) is 0 Å². The fourth-order valence-electron chi connectivity index (χ4n) is 1.81. The largest absolute Gasteiger partial charge is 0.385 e. The van der Waals surface area contributed by atoms with Crippen molar-refractivity contribution < 1.29 is 9.47 Å². The summed E-state index contributed by atoms with van der Waals surface area (Å²) in [4.78, 5) is 4.34. The molecule has 17 heavy (non-hydrogen) atoms. The number of nitrogens with zero attached hydrogens (tertiary/aromatic N) is 1. The fraction of sp³-hybridized carbons (Fsp3) is 0.909. The molecule has 0 aromatic heterocycles. The Bertz CT molecular complexity index is 230. The molecular formula is C11H24N4O2. The summed E-state index contributed by atoms with van der Waals surface area (Å²) >= 11 is 0. The van der Waals surface area contributed by atoms with Crippen LogP contribution in [0.15, 0.2) is 4.99 Å². The summed E-state index contributed by atoms with van der Waals surface area (Å²) < 4.78 is 10.3. The van der Waals surface area contributed by atoms with Gasteiger partial charge in [-0.2, -0.15) is 0 Å². The molecule has 1 saturated heterocycles. The van der Waals surface area contributed by atoms with Crippen molar-refractivity contribution in [1.82, 2.24) is 10.7 Å². The van der Waals surface area contributed by atoms with Crippen LogP contribution in [0.1, 0.15) is 19.8 Å².